The third kappa shape index (κ3) is 6.96. The maximum absolute atomic E-state index is 12.0. The summed E-state index contributed by atoms with van der Waals surface area (Å²) in [6.45, 7) is -0.972. The van der Waals surface area contributed by atoms with Crippen LogP contribution in [0.3, 0.4) is 0 Å². The van der Waals surface area contributed by atoms with Crippen LogP contribution in [0.4, 0.5) is 5.82 Å². The largest absolute Gasteiger partial charge is 1.00 e. The fourth-order valence-electron chi connectivity index (χ4n) is 3.49. The predicted molar refractivity (Wildman–Crippen MR) is 115 cm³/mol. The van der Waals surface area contributed by atoms with E-state index < -0.39 is 54.6 Å². The molecule has 0 saturated carbocycles. The molecule has 2 unspecified atom stereocenters. The van der Waals surface area contributed by atoms with E-state index in [9.17, 15) is 33.7 Å². The first kappa shape index (κ1) is 30.5. The molecular weight excluding hydrogens is 576 g/mol. The second-order valence-corrected chi connectivity index (χ2v) is 11.7. The zero-order chi connectivity index (χ0) is 26.5. The number of nitrogens with two attached hydrogens (primary N) is 1. The molecule has 1 aliphatic heterocycles. The quantitative estimate of drug-likeness (QED) is 0.0974. The fourth-order valence-corrected chi connectivity index (χ4v) is 6.52. The molecule has 3 aromatic heterocycles. The first-order chi connectivity index (χ1) is 16.7. The fraction of sp³-hybridized carbons (Fsp3) is 0.333. The Hall–Kier alpha value is -1.01. The number of furan rings is 1. The van der Waals surface area contributed by atoms with Crippen LogP contribution in [0.2, 0.25) is 0 Å². The van der Waals surface area contributed by atoms with Crippen molar-refractivity contribution < 1.29 is 95.3 Å². The number of nitrogens with zero attached hydrogens (tertiary/aromatic N) is 3. The van der Waals surface area contributed by atoms with Gasteiger partial charge in [-0.05, 0) is 12.1 Å². The maximum Gasteiger partial charge on any atom is 1.00 e. The van der Waals surface area contributed by atoms with Crippen LogP contribution in [0.5, 0.6) is 0 Å². The van der Waals surface area contributed by atoms with Gasteiger partial charge < -0.3 is 49.2 Å². The van der Waals surface area contributed by atoms with Gasteiger partial charge in [-0.25, -0.2) is 23.7 Å². The van der Waals surface area contributed by atoms with Crippen LogP contribution >= 0.6 is 23.5 Å². The van der Waals surface area contributed by atoms with E-state index in [1.165, 1.54) is 17.0 Å². The summed E-state index contributed by atoms with van der Waals surface area (Å²) in [7, 11) is -16.8. The van der Waals surface area contributed by atoms with Crippen LogP contribution < -0.4 is 35.3 Å². The van der Waals surface area contributed by atoms with E-state index in [2.05, 4.69) is 23.1 Å². The van der Waals surface area contributed by atoms with Crippen molar-refractivity contribution in [3.63, 3.8) is 0 Å². The van der Waals surface area contributed by atoms with Gasteiger partial charge in [0, 0.05) is 11.8 Å². The normalized spacial score (nSPS) is 25.5. The van der Waals surface area contributed by atoms with Crippen molar-refractivity contribution in [2.75, 3.05) is 12.3 Å². The summed E-state index contributed by atoms with van der Waals surface area (Å²) in [5.41, 5.74) is 6.63. The van der Waals surface area contributed by atoms with Gasteiger partial charge in [0.15, 0.2) is 6.23 Å². The van der Waals surface area contributed by atoms with Crippen LogP contribution in [0.15, 0.2) is 35.3 Å². The first-order valence-corrected chi connectivity index (χ1v) is 14.1. The molecule has 0 bridgehead atoms. The zero-order valence-corrected chi connectivity index (χ0v) is 23.3. The minimum Gasteiger partial charge on any atom is -0.464 e. The molecule has 6 atom stereocenters. The standard InChI is InChI=1S/C15H19N4O14P3.Na/c16-13-10-7(8-2-1-3-29-8)4-19(14(10)18-6-17-13)15-12(21)11(20)9(31-15)5-30-35(25,26)33-36(27,28)32-34(22,23)24;/h1-4,6,9,11-12,15,20-21H,5H2,(H,25,26)(H,27,28)(H2,16,17,18)(H2,22,23,24);/q;+1/t9-,11-,12-,15-;/m1./s1. The number of ether oxygens (including phenoxy) is 1. The number of fused-ring (bicyclic) bond motifs is 1. The molecule has 37 heavy (non-hydrogen) atoms. The Balaban J connectivity index is 0.00000380. The van der Waals surface area contributed by atoms with Gasteiger partial charge in [-0.1, -0.05) is 0 Å². The molecule has 1 saturated heterocycles. The number of hydrogen-bond acceptors (Lipinski definition) is 13. The van der Waals surface area contributed by atoms with E-state index in [1.807, 2.05) is 0 Å². The van der Waals surface area contributed by atoms with Gasteiger partial charge in [0.05, 0.1) is 18.3 Å². The van der Waals surface area contributed by atoms with Crippen molar-refractivity contribution in [3.05, 3.63) is 30.9 Å². The summed E-state index contributed by atoms with van der Waals surface area (Å²) in [6, 6.07) is 3.26. The van der Waals surface area contributed by atoms with Crippen molar-refractivity contribution in [3.8, 4) is 11.3 Å². The number of phosphoric ester groups is 1. The number of phosphoric acid groups is 3. The van der Waals surface area contributed by atoms with Crippen LogP contribution in [-0.2, 0) is 31.6 Å². The molecule has 0 aromatic carbocycles. The topological polar surface area (TPSA) is 279 Å². The summed E-state index contributed by atoms with van der Waals surface area (Å²) < 4.78 is 58.2. The number of hydrogen-bond donors (Lipinski definition) is 7. The van der Waals surface area contributed by atoms with Crippen molar-refractivity contribution in [2.45, 2.75) is 24.5 Å². The molecule has 3 aromatic rings. The minimum atomic E-state index is -5.73. The minimum absolute atomic E-state index is 0. The van der Waals surface area contributed by atoms with Gasteiger partial charge in [0.1, 0.15) is 41.9 Å². The SMILES string of the molecule is Nc1ncnc2c1c(-c1ccco1)cn2[C@@H]1O[C@H](COP(=O)(O)OP(=O)(O)OP(=O)(O)O)[C@@H](O)[C@H]1O.[Na+]. The maximum atomic E-state index is 12.0. The van der Waals surface area contributed by atoms with E-state index in [1.54, 1.807) is 12.1 Å². The zero-order valence-electron chi connectivity index (χ0n) is 18.6. The van der Waals surface area contributed by atoms with Gasteiger partial charge in [-0.2, -0.15) is 8.62 Å². The van der Waals surface area contributed by atoms with E-state index in [0.717, 1.165) is 6.33 Å². The number of aliphatic hydroxyl groups is 2. The Kier molecular flexibility index (Phi) is 9.27. The molecule has 198 valence electrons. The number of anilines is 1. The second kappa shape index (κ2) is 11.2. The number of aromatic nitrogens is 3. The van der Waals surface area contributed by atoms with Crippen LogP contribution in [-0.4, -0.2) is 69.2 Å². The van der Waals surface area contributed by atoms with Crippen LogP contribution in [0.1, 0.15) is 6.23 Å². The summed E-state index contributed by atoms with van der Waals surface area (Å²) in [5, 5.41) is 21.3. The number of rotatable bonds is 9. The summed E-state index contributed by atoms with van der Waals surface area (Å²) in [6.07, 6.45) is -2.10. The second-order valence-electron chi connectivity index (χ2n) is 7.32. The molecule has 1 fully saturated rings. The van der Waals surface area contributed by atoms with Crippen molar-refractivity contribution in [1.82, 2.24) is 14.5 Å². The molecular formula is C15H19N4NaO14P3+. The Labute approximate surface area is 228 Å². The molecule has 0 radical (unpaired) electrons. The molecule has 0 amide bonds. The van der Waals surface area contributed by atoms with Gasteiger partial charge in [0.2, 0.25) is 0 Å². The third-order valence-corrected chi connectivity index (χ3v) is 8.66. The number of nitrogen functional groups attached to an aromatic ring is 1. The predicted octanol–water partition coefficient (Wildman–Crippen LogP) is -2.76. The monoisotopic (exact) mass is 595 g/mol. The van der Waals surface area contributed by atoms with Gasteiger partial charge in [0.25, 0.3) is 0 Å². The molecule has 0 aliphatic carbocycles. The Bertz CT molecular complexity index is 1400. The van der Waals surface area contributed by atoms with Gasteiger partial charge in [-0.3, -0.25) is 4.52 Å². The van der Waals surface area contributed by atoms with E-state index in [0.29, 0.717) is 16.7 Å². The molecule has 4 heterocycles. The molecule has 4 rings (SSSR count). The van der Waals surface area contributed by atoms with Crippen molar-refractivity contribution in [1.29, 1.82) is 0 Å². The van der Waals surface area contributed by atoms with E-state index >= 15 is 0 Å². The number of aliphatic hydroxyl groups excluding tert-OH is 2. The van der Waals surface area contributed by atoms with E-state index in [-0.39, 0.29) is 41.0 Å². The average molecular weight is 595 g/mol. The van der Waals surface area contributed by atoms with E-state index in [4.69, 9.17) is 24.7 Å². The average Bonchev–Trinajstić information content (AvgIpc) is 3.44. The van der Waals surface area contributed by atoms with Gasteiger partial charge >= 0.3 is 53.0 Å². The molecule has 18 nitrogen and oxygen atoms in total. The molecule has 1 aliphatic rings. The van der Waals surface area contributed by atoms with Gasteiger partial charge in [-0.15, -0.1) is 0 Å². The Morgan fingerprint density at radius 2 is 1.76 bits per heavy atom. The third-order valence-electron chi connectivity index (χ3n) is 4.85. The first-order valence-electron chi connectivity index (χ1n) is 9.62. The summed E-state index contributed by atoms with van der Waals surface area (Å²) in [4.78, 5) is 44.1. The Morgan fingerprint density at radius 3 is 2.38 bits per heavy atom. The summed E-state index contributed by atoms with van der Waals surface area (Å²) >= 11 is 0. The van der Waals surface area contributed by atoms with Crippen LogP contribution in [0, 0.1) is 0 Å². The van der Waals surface area contributed by atoms with Crippen molar-refractivity contribution >= 4 is 40.3 Å². The smallest absolute Gasteiger partial charge is 0.464 e. The molecule has 22 heteroatoms. The molecule has 0 spiro atoms. The molecule has 8 N–H and O–H groups in total. The Morgan fingerprint density at radius 1 is 1.05 bits per heavy atom. The summed E-state index contributed by atoms with van der Waals surface area (Å²) in [5.74, 6) is 0.472. The van der Waals surface area contributed by atoms with Crippen LogP contribution in [0.25, 0.3) is 22.4 Å². The van der Waals surface area contributed by atoms with Crippen molar-refractivity contribution in [2.24, 2.45) is 0 Å².